The lowest BCUT2D eigenvalue weighted by molar-refractivity contribution is -0.00824. The Morgan fingerprint density at radius 1 is 1.60 bits per heavy atom. The van der Waals surface area contributed by atoms with E-state index in [1.165, 1.54) is 0 Å². The van der Waals surface area contributed by atoms with Crippen LogP contribution in [0.5, 0.6) is 0 Å². The summed E-state index contributed by atoms with van der Waals surface area (Å²) >= 11 is 0. The summed E-state index contributed by atoms with van der Waals surface area (Å²) in [5, 5.41) is 7.64. The first-order valence-electron chi connectivity index (χ1n) is 5.20. The maximum Gasteiger partial charge on any atom is 0.0778 e. The van der Waals surface area contributed by atoms with E-state index in [-0.39, 0.29) is 11.6 Å². The molecule has 1 aromatic rings. The van der Waals surface area contributed by atoms with Crippen molar-refractivity contribution >= 4 is 0 Å². The van der Waals surface area contributed by atoms with Gasteiger partial charge in [0.15, 0.2) is 0 Å². The zero-order valence-electron chi connectivity index (χ0n) is 10.2. The largest absolute Gasteiger partial charge is 0.377 e. The molecule has 0 fully saturated rings. The number of aromatic nitrogens is 2. The molecule has 1 aromatic heterocycles. The molecule has 4 heteroatoms. The molecule has 0 aliphatic carbocycles. The van der Waals surface area contributed by atoms with E-state index in [0.29, 0.717) is 0 Å². The van der Waals surface area contributed by atoms with Crippen molar-refractivity contribution in [3.05, 3.63) is 18.0 Å². The van der Waals surface area contributed by atoms with Crippen molar-refractivity contribution in [3.63, 3.8) is 0 Å². The fraction of sp³-hybridized carbons (Fsp3) is 0.727. The second-order valence-electron chi connectivity index (χ2n) is 4.33. The van der Waals surface area contributed by atoms with Crippen LogP contribution in [-0.4, -0.2) is 35.6 Å². The summed E-state index contributed by atoms with van der Waals surface area (Å²) in [7, 11) is 5.62. The molecule has 0 saturated carbocycles. The van der Waals surface area contributed by atoms with Crippen molar-refractivity contribution in [1.82, 2.24) is 15.1 Å². The Balaban J connectivity index is 2.69. The van der Waals surface area contributed by atoms with Gasteiger partial charge in [0.2, 0.25) is 0 Å². The fourth-order valence-electron chi connectivity index (χ4n) is 1.62. The van der Waals surface area contributed by atoms with E-state index >= 15 is 0 Å². The Kier molecular flexibility index (Phi) is 3.88. The van der Waals surface area contributed by atoms with E-state index in [4.69, 9.17) is 4.74 Å². The number of ether oxygens (including phenoxy) is 1. The van der Waals surface area contributed by atoms with Gasteiger partial charge in [-0.05, 0) is 27.0 Å². The van der Waals surface area contributed by atoms with Gasteiger partial charge >= 0.3 is 0 Å². The molecule has 4 nitrogen and oxygen atoms in total. The van der Waals surface area contributed by atoms with Crippen molar-refractivity contribution in [2.45, 2.75) is 31.9 Å². The minimum absolute atomic E-state index is 0.188. The van der Waals surface area contributed by atoms with Crippen LogP contribution < -0.4 is 5.32 Å². The highest BCUT2D eigenvalue weighted by molar-refractivity contribution is 5.04. The minimum Gasteiger partial charge on any atom is -0.377 e. The van der Waals surface area contributed by atoms with Gasteiger partial charge in [0.25, 0.3) is 0 Å². The Labute approximate surface area is 91.6 Å². The lowest BCUT2D eigenvalue weighted by Crippen LogP contribution is -2.48. The second-order valence-corrected chi connectivity index (χ2v) is 4.33. The first-order chi connectivity index (χ1) is 6.99. The van der Waals surface area contributed by atoms with Crippen LogP contribution in [0.4, 0.5) is 0 Å². The van der Waals surface area contributed by atoms with Gasteiger partial charge in [0.1, 0.15) is 0 Å². The van der Waals surface area contributed by atoms with Gasteiger partial charge in [-0.1, -0.05) is 0 Å². The van der Waals surface area contributed by atoms with Crippen molar-refractivity contribution in [3.8, 4) is 0 Å². The zero-order valence-corrected chi connectivity index (χ0v) is 10.2. The average molecular weight is 211 g/mol. The molecule has 1 unspecified atom stereocenters. The van der Waals surface area contributed by atoms with Gasteiger partial charge in [-0.3, -0.25) is 4.68 Å². The summed E-state index contributed by atoms with van der Waals surface area (Å²) in [5.41, 5.74) is 0.897. The lowest BCUT2D eigenvalue weighted by Gasteiger charge is -2.32. The Morgan fingerprint density at radius 3 is 2.67 bits per heavy atom. The monoisotopic (exact) mass is 211 g/mol. The normalized spacial score (nSPS) is 14.2. The predicted octanol–water partition coefficient (Wildman–Crippen LogP) is 0.976. The number of nitrogens with one attached hydrogen (secondary N) is 1. The predicted molar refractivity (Wildman–Crippen MR) is 60.8 cm³/mol. The van der Waals surface area contributed by atoms with E-state index in [1.807, 2.05) is 31.0 Å². The van der Waals surface area contributed by atoms with Gasteiger partial charge in [-0.25, -0.2) is 0 Å². The van der Waals surface area contributed by atoms with Gasteiger partial charge in [-0.15, -0.1) is 0 Å². The maximum atomic E-state index is 5.47. The molecule has 0 radical (unpaired) electrons. The first-order valence-corrected chi connectivity index (χ1v) is 5.20. The number of hydrogen-bond donors (Lipinski definition) is 1. The number of likely N-dealkylation sites (N-methyl/N-ethyl adjacent to an activating group) is 1. The third-order valence-electron chi connectivity index (χ3n) is 2.90. The number of aryl methyl sites for hydroxylation is 1. The highest BCUT2D eigenvalue weighted by Gasteiger charge is 2.28. The number of rotatable bonds is 5. The SMILES string of the molecule is CNC(Cc1ccn(C)n1)C(C)(C)OC. The van der Waals surface area contributed by atoms with Gasteiger partial charge in [0.05, 0.1) is 11.3 Å². The summed E-state index contributed by atoms with van der Waals surface area (Å²) in [6.45, 7) is 4.16. The number of nitrogens with zero attached hydrogens (tertiary/aromatic N) is 2. The van der Waals surface area contributed by atoms with Crippen molar-refractivity contribution in [2.24, 2.45) is 7.05 Å². The third kappa shape index (κ3) is 3.04. The van der Waals surface area contributed by atoms with E-state index < -0.39 is 0 Å². The smallest absolute Gasteiger partial charge is 0.0778 e. The molecule has 1 atom stereocenters. The van der Waals surface area contributed by atoms with Crippen LogP contribution in [0.3, 0.4) is 0 Å². The van der Waals surface area contributed by atoms with E-state index in [1.54, 1.807) is 7.11 Å². The van der Waals surface area contributed by atoms with Crippen molar-refractivity contribution in [1.29, 1.82) is 0 Å². The van der Waals surface area contributed by atoms with Crippen LogP contribution in [0.25, 0.3) is 0 Å². The summed E-state index contributed by atoms with van der Waals surface area (Å²) in [6.07, 6.45) is 2.83. The van der Waals surface area contributed by atoms with Crippen LogP contribution >= 0.6 is 0 Å². The quantitative estimate of drug-likeness (QED) is 0.789. The Bertz CT molecular complexity index is 307. The summed E-state index contributed by atoms with van der Waals surface area (Å²) < 4.78 is 7.29. The van der Waals surface area contributed by atoms with Gasteiger partial charge in [-0.2, -0.15) is 5.10 Å². The molecule has 0 saturated heterocycles. The lowest BCUT2D eigenvalue weighted by atomic mass is 9.94. The zero-order chi connectivity index (χ0) is 11.5. The van der Waals surface area contributed by atoms with E-state index in [0.717, 1.165) is 12.1 Å². The maximum absolute atomic E-state index is 5.47. The minimum atomic E-state index is -0.188. The van der Waals surface area contributed by atoms with E-state index in [9.17, 15) is 0 Å². The molecule has 1 N–H and O–H groups in total. The van der Waals surface area contributed by atoms with Crippen LogP contribution in [0.15, 0.2) is 12.3 Å². The fourth-order valence-corrected chi connectivity index (χ4v) is 1.62. The highest BCUT2D eigenvalue weighted by Crippen LogP contribution is 2.16. The molecule has 0 aromatic carbocycles. The van der Waals surface area contributed by atoms with Crippen molar-refractivity contribution < 1.29 is 4.74 Å². The van der Waals surface area contributed by atoms with E-state index in [2.05, 4.69) is 24.3 Å². The molecular weight excluding hydrogens is 190 g/mol. The molecule has 0 aliphatic rings. The molecule has 0 bridgehead atoms. The van der Waals surface area contributed by atoms with Crippen LogP contribution in [0, 0.1) is 0 Å². The third-order valence-corrected chi connectivity index (χ3v) is 2.90. The molecule has 0 aliphatic heterocycles. The summed E-state index contributed by atoms with van der Waals surface area (Å²) in [6, 6.07) is 2.30. The topological polar surface area (TPSA) is 39.1 Å². The average Bonchev–Trinajstić information content (AvgIpc) is 2.60. The number of methoxy groups -OCH3 is 1. The molecular formula is C11H21N3O. The molecule has 15 heavy (non-hydrogen) atoms. The van der Waals surface area contributed by atoms with Crippen LogP contribution in [-0.2, 0) is 18.2 Å². The van der Waals surface area contributed by atoms with Gasteiger partial charge in [0, 0.05) is 32.8 Å². The summed E-state index contributed by atoms with van der Waals surface area (Å²) in [4.78, 5) is 0. The summed E-state index contributed by atoms with van der Waals surface area (Å²) in [5.74, 6) is 0. The second kappa shape index (κ2) is 4.77. The molecule has 86 valence electrons. The Morgan fingerprint density at radius 2 is 2.27 bits per heavy atom. The first kappa shape index (κ1) is 12.2. The molecule has 0 amide bonds. The standard InChI is InChI=1S/C11H21N3O/c1-11(2,15-5)10(12-3)8-9-6-7-14(4)13-9/h6-7,10,12H,8H2,1-5H3. The highest BCUT2D eigenvalue weighted by atomic mass is 16.5. The van der Waals surface area contributed by atoms with Crippen molar-refractivity contribution in [2.75, 3.05) is 14.2 Å². The molecule has 0 spiro atoms. The number of hydrogen-bond acceptors (Lipinski definition) is 3. The Hall–Kier alpha value is -0.870. The van der Waals surface area contributed by atoms with Gasteiger partial charge < -0.3 is 10.1 Å². The van der Waals surface area contributed by atoms with Crippen LogP contribution in [0.1, 0.15) is 19.5 Å². The molecule has 1 rings (SSSR count). The van der Waals surface area contributed by atoms with Crippen LogP contribution in [0.2, 0.25) is 0 Å². The molecule has 1 heterocycles.